The molecule has 1 saturated heterocycles. The van der Waals surface area contributed by atoms with E-state index in [9.17, 15) is 9.18 Å². The van der Waals surface area contributed by atoms with Gasteiger partial charge in [-0.05, 0) is 37.6 Å². The third-order valence-electron chi connectivity index (χ3n) is 2.81. The van der Waals surface area contributed by atoms with Crippen molar-refractivity contribution in [1.29, 1.82) is 0 Å². The van der Waals surface area contributed by atoms with Crippen LogP contribution in [-0.4, -0.2) is 19.0 Å². The van der Waals surface area contributed by atoms with Crippen LogP contribution in [0.1, 0.15) is 12.0 Å². The van der Waals surface area contributed by atoms with Crippen molar-refractivity contribution in [3.63, 3.8) is 0 Å². The molecule has 16 heavy (non-hydrogen) atoms. The summed E-state index contributed by atoms with van der Waals surface area (Å²) in [4.78, 5) is 11.7. The first-order chi connectivity index (χ1) is 7.66. The van der Waals surface area contributed by atoms with E-state index in [2.05, 4.69) is 10.6 Å². The third-order valence-corrected chi connectivity index (χ3v) is 2.81. The molecule has 2 rings (SSSR count). The van der Waals surface area contributed by atoms with Crippen LogP contribution in [0.3, 0.4) is 0 Å². The van der Waals surface area contributed by atoms with Gasteiger partial charge in [0.2, 0.25) is 5.91 Å². The van der Waals surface area contributed by atoms with E-state index in [1.54, 1.807) is 12.1 Å². The number of anilines is 1. The molecule has 0 aromatic heterocycles. The highest BCUT2D eigenvalue weighted by molar-refractivity contribution is 5.93. The number of carbonyl (C=O) groups is 1. The number of hydrogen-bond acceptors (Lipinski definition) is 2. The first-order valence-electron chi connectivity index (χ1n) is 5.44. The molecule has 0 aliphatic carbocycles. The van der Waals surface area contributed by atoms with Crippen molar-refractivity contribution in [2.24, 2.45) is 5.92 Å². The standard InChI is InChI=1S/C12H15FN2O/c1-8-2-3-11(10(13)6-8)15-12(16)9-4-5-14-7-9/h2-3,6,9,14H,4-5,7H2,1H3,(H,15,16). The van der Waals surface area contributed by atoms with Crippen LogP contribution >= 0.6 is 0 Å². The van der Waals surface area contributed by atoms with E-state index in [1.165, 1.54) is 6.07 Å². The first kappa shape index (κ1) is 11.1. The van der Waals surface area contributed by atoms with Gasteiger partial charge < -0.3 is 10.6 Å². The molecule has 1 unspecified atom stereocenters. The highest BCUT2D eigenvalue weighted by atomic mass is 19.1. The first-order valence-corrected chi connectivity index (χ1v) is 5.44. The van der Waals surface area contributed by atoms with E-state index in [0.717, 1.165) is 18.5 Å². The lowest BCUT2D eigenvalue weighted by Gasteiger charge is -2.10. The highest BCUT2D eigenvalue weighted by Crippen LogP contribution is 2.17. The number of nitrogens with one attached hydrogen (secondary N) is 2. The minimum Gasteiger partial charge on any atom is -0.323 e. The van der Waals surface area contributed by atoms with E-state index in [-0.39, 0.29) is 23.3 Å². The summed E-state index contributed by atoms with van der Waals surface area (Å²) in [6, 6.07) is 4.80. The second-order valence-electron chi connectivity index (χ2n) is 4.16. The second-order valence-corrected chi connectivity index (χ2v) is 4.16. The summed E-state index contributed by atoms with van der Waals surface area (Å²) in [5, 5.41) is 5.73. The average Bonchev–Trinajstić information content (AvgIpc) is 2.75. The number of hydrogen-bond donors (Lipinski definition) is 2. The van der Waals surface area contributed by atoms with Gasteiger partial charge >= 0.3 is 0 Å². The van der Waals surface area contributed by atoms with Crippen molar-refractivity contribution in [1.82, 2.24) is 5.32 Å². The molecule has 1 atom stereocenters. The zero-order chi connectivity index (χ0) is 11.5. The molecule has 0 radical (unpaired) electrons. The lowest BCUT2D eigenvalue weighted by molar-refractivity contribution is -0.119. The van der Waals surface area contributed by atoms with Crippen LogP contribution in [0.2, 0.25) is 0 Å². The monoisotopic (exact) mass is 222 g/mol. The molecule has 4 heteroatoms. The minimum absolute atomic E-state index is 0.0410. The highest BCUT2D eigenvalue weighted by Gasteiger charge is 2.22. The van der Waals surface area contributed by atoms with E-state index in [4.69, 9.17) is 0 Å². The number of aryl methyl sites for hydroxylation is 1. The van der Waals surface area contributed by atoms with E-state index in [0.29, 0.717) is 6.54 Å². The maximum atomic E-state index is 13.5. The van der Waals surface area contributed by atoms with Gasteiger partial charge in [0.05, 0.1) is 11.6 Å². The molecule has 1 aliphatic rings. The Morgan fingerprint density at radius 3 is 3.00 bits per heavy atom. The molecule has 2 N–H and O–H groups in total. The predicted octanol–water partition coefficient (Wildman–Crippen LogP) is 1.68. The topological polar surface area (TPSA) is 41.1 Å². The lowest BCUT2D eigenvalue weighted by atomic mass is 10.1. The van der Waals surface area contributed by atoms with Crippen molar-refractivity contribution >= 4 is 11.6 Å². The Morgan fingerprint density at radius 2 is 2.38 bits per heavy atom. The molecule has 1 aromatic rings. The molecule has 0 saturated carbocycles. The summed E-state index contributed by atoms with van der Waals surface area (Å²) >= 11 is 0. The molecule has 1 amide bonds. The number of carbonyl (C=O) groups excluding carboxylic acids is 1. The fraction of sp³-hybridized carbons (Fsp3) is 0.417. The molecule has 0 spiro atoms. The summed E-state index contributed by atoms with van der Waals surface area (Å²) in [5.41, 5.74) is 1.11. The molecule has 0 bridgehead atoms. The molecule has 86 valence electrons. The molecule has 1 heterocycles. The molecule has 1 aromatic carbocycles. The third kappa shape index (κ3) is 2.39. The Kier molecular flexibility index (Phi) is 3.19. The lowest BCUT2D eigenvalue weighted by Crippen LogP contribution is -2.25. The normalized spacial score (nSPS) is 19.8. The van der Waals surface area contributed by atoms with Gasteiger partial charge in [-0.15, -0.1) is 0 Å². The summed E-state index contributed by atoms with van der Waals surface area (Å²) in [5.74, 6) is -0.521. The van der Waals surface area contributed by atoms with Gasteiger partial charge in [-0.25, -0.2) is 4.39 Å². The van der Waals surface area contributed by atoms with Gasteiger partial charge in [-0.1, -0.05) is 6.07 Å². The van der Waals surface area contributed by atoms with Crippen LogP contribution in [-0.2, 0) is 4.79 Å². The molecular formula is C12H15FN2O. The molecular weight excluding hydrogens is 207 g/mol. The smallest absolute Gasteiger partial charge is 0.228 e. The number of halogens is 1. The van der Waals surface area contributed by atoms with Crippen LogP contribution < -0.4 is 10.6 Å². The Labute approximate surface area is 94.0 Å². The van der Waals surface area contributed by atoms with Crippen LogP contribution in [0.5, 0.6) is 0 Å². The second kappa shape index (κ2) is 4.61. The number of rotatable bonds is 2. The molecule has 3 nitrogen and oxygen atoms in total. The van der Waals surface area contributed by atoms with E-state index >= 15 is 0 Å². The zero-order valence-electron chi connectivity index (χ0n) is 9.22. The summed E-state index contributed by atoms with van der Waals surface area (Å²) in [7, 11) is 0. The van der Waals surface area contributed by atoms with Crippen LogP contribution in [0.4, 0.5) is 10.1 Å². The van der Waals surface area contributed by atoms with Gasteiger partial charge in [0.15, 0.2) is 0 Å². The summed E-state index contributed by atoms with van der Waals surface area (Å²) in [6.07, 6.45) is 0.819. The fourth-order valence-electron chi connectivity index (χ4n) is 1.83. The van der Waals surface area contributed by atoms with Crippen LogP contribution in [0.25, 0.3) is 0 Å². The SMILES string of the molecule is Cc1ccc(NC(=O)C2CCNC2)c(F)c1. The van der Waals surface area contributed by atoms with Crippen LogP contribution in [0.15, 0.2) is 18.2 Å². The maximum Gasteiger partial charge on any atom is 0.228 e. The Bertz CT molecular complexity index is 400. The van der Waals surface area contributed by atoms with Crippen molar-refractivity contribution in [3.8, 4) is 0 Å². The molecule has 1 fully saturated rings. The minimum atomic E-state index is -0.376. The summed E-state index contributed by atoms with van der Waals surface area (Å²) in [6.45, 7) is 3.35. The fourth-order valence-corrected chi connectivity index (χ4v) is 1.83. The largest absolute Gasteiger partial charge is 0.323 e. The van der Waals surface area contributed by atoms with Crippen molar-refractivity contribution in [2.45, 2.75) is 13.3 Å². The quantitative estimate of drug-likeness (QED) is 0.799. The van der Waals surface area contributed by atoms with E-state index in [1.807, 2.05) is 6.92 Å². The Balaban J connectivity index is 2.05. The van der Waals surface area contributed by atoms with E-state index < -0.39 is 0 Å². The van der Waals surface area contributed by atoms with Gasteiger partial charge in [0, 0.05) is 6.54 Å². The van der Waals surface area contributed by atoms with Crippen molar-refractivity contribution < 1.29 is 9.18 Å². The van der Waals surface area contributed by atoms with Gasteiger partial charge in [0.1, 0.15) is 5.82 Å². The number of amides is 1. The van der Waals surface area contributed by atoms with Crippen LogP contribution in [0, 0.1) is 18.7 Å². The van der Waals surface area contributed by atoms with Crippen molar-refractivity contribution in [3.05, 3.63) is 29.6 Å². The average molecular weight is 222 g/mol. The predicted molar refractivity (Wildman–Crippen MR) is 60.7 cm³/mol. The van der Waals surface area contributed by atoms with Crippen molar-refractivity contribution in [2.75, 3.05) is 18.4 Å². The number of benzene rings is 1. The van der Waals surface area contributed by atoms with Gasteiger partial charge in [-0.3, -0.25) is 4.79 Å². The zero-order valence-corrected chi connectivity index (χ0v) is 9.22. The Morgan fingerprint density at radius 1 is 1.56 bits per heavy atom. The van der Waals surface area contributed by atoms with Gasteiger partial charge in [-0.2, -0.15) is 0 Å². The van der Waals surface area contributed by atoms with Gasteiger partial charge in [0.25, 0.3) is 0 Å². The molecule has 1 aliphatic heterocycles. The maximum absolute atomic E-state index is 13.5. The Hall–Kier alpha value is -1.42. The summed E-state index contributed by atoms with van der Waals surface area (Å²) < 4.78 is 13.5.